The fourth-order valence-corrected chi connectivity index (χ4v) is 4.44. The average Bonchev–Trinajstić information content (AvgIpc) is 3.22. The number of hydrogen-bond donors (Lipinski definition) is 1. The van der Waals surface area contributed by atoms with Crippen molar-refractivity contribution in [3.63, 3.8) is 0 Å². The van der Waals surface area contributed by atoms with Crippen molar-refractivity contribution in [3.8, 4) is 22.8 Å². The molecule has 7 nitrogen and oxygen atoms in total. The number of aromatic nitrogens is 4. The van der Waals surface area contributed by atoms with E-state index in [1.807, 2.05) is 19.1 Å². The summed E-state index contributed by atoms with van der Waals surface area (Å²) in [5.74, 6) is -1.60. The molecule has 0 spiro atoms. The second kappa shape index (κ2) is 9.40. The number of pyridine rings is 4. The van der Waals surface area contributed by atoms with Crippen molar-refractivity contribution >= 4 is 11.6 Å². The smallest absolute Gasteiger partial charge is 0.277 e. The van der Waals surface area contributed by atoms with Crippen LogP contribution < -0.4 is 10.3 Å². The highest BCUT2D eigenvalue weighted by Crippen LogP contribution is 2.32. The van der Waals surface area contributed by atoms with E-state index in [4.69, 9.17) is 16.3 Å². The van der Waals surface area contributed by atoms with Gasteiger partial charge in [0.2, 0.25) is 0 Å². The van der Waals surface area contributed by atoms with E-state index in [2.05, 4.69) is 15.0 Å². The van der Waals surface area contributed by atoms with Crippen LogP contribution in [0.3, 0.4) is 0 Å². The topological polar surface area (TPSA) is 90.1 Å². The first-order valence-electron chi connectivity index (χ1n) is 11.2. The first-order valence-corrected chi connectivity index (χ1v) is 11.6. The Bertz CT molecular complexity index is 1560. The van der Waals surface area contributed by atoms with Crippen molar-refractivity contribution < 1.29 is 18.6 Å². The predicted octanol–water partition coefficient (Wildman–Crippen LogP) is 4.80. The van der Waals surface area contributed by atoms with Crippen LogP contribution in [0.1, 0.15) is 40.7 Å². The Morgan fingerprint density at radius 2 is 1.94 bits per heavy atom. The van der Waals surface area contributed by atoms with E-state index >= 15 is 0 Å². The second-order valence-electron chi connectivity index (χ2n) is 8.63. The minimum absolute atomic E-state index is 0.0575. The van der Waals surface area contributed by atoms with Crippen LogP contribution in [-0.2, 0) is 13.0 Å². The number of halogens is 3. The van der Waals surface area contributed by atoms with Gasteiger partial charge in [0.15, 0.2) is 5.82 Å². The third-order valence-electron chi connectivity index (χ3n) is 6.14. The summed E-state index contributed by atoms with van der Waals surface area (Å²) in [5, 5.41) is 10.0. The fraction of sp³-hybridized carbons (Fsp3) is 0.231. The van der Waals surface area contributed by atoms with Crippen molar-refractivity contribution in [2.24, 2.45) is 0 Å². The Labute approximate surface area is 210 Å². The van der Waals surface area contributed by atoms with Gasteiger partial charge in [-0.3, -0.25) is 19.3 Å². The van der Waals surface area contributed by atoms with Crippen LogP contribution in [-0.4, -0.2) is 24.6 Å². The van der Waals surface area contributed by atoms with E-state index in [0.29, 0.717) is 41.0 Å². The van der Waals surface area contributed by atoms with Crippen molar-refractivity contribution in [2.45, 2.75) is 39.4 Å². The maximum atomic E-state index is 13.9. The van der Waals surface area contributed by atoms with E-state index in [1.165, 1.54) is 4.57 Å². The van der Waals surface area contributed by atoms with Crippen LogP contribution in [0.4, 0.5) is 8.78 Å². The molecule has 0 bridgehead atoms. The van der Waals surface area contributed by atoms with Gasteiger partial charge in [0, 0.05) is 24.0 Å². The Morgan fingerprint density at radius 3 is 2.72 bits per heavy atom. The van der Waals surface area contributed by atoms with Gasteiger partial charge in [-0.25, -0.2) is 13.8 Å². The lowest BCUT2D eigenvalue weighted by Gasteiger charge is -2.17. The molecule has 0 aromatic carbocycles. The highest BCUT2D eigenvalue weighted by molar-refractivity contribution is 6.31. The third kappa shape index (κ3) is 4.36. The number of hydrogen-bond acceptors (Lipinski definition) is 6. The summed E-state index contributed by atoms with van der Waals surface area (Å²) >= 11 is 6.35. The van der Waals surface area contributed by atoms with E-state index < -0.39 is 23.3 Å². The summed E-state index contributed by atoms with van der Waals surface area (Å²) in [6.45, 7) is 3.20. The zero-order chi connectivity index (χ0) is 25.6. The molecule has 1 aliphatic carbocycles. The fourth-order valence-electron chi connectivity index (χ4n) is 4.25. The minimum Gasteiger partial charge on any atom is -0.485 e. The summed E-state index contributed by atoms with van der Waals surface area (Å²) in [7, 11) is 0. The highest BCUT2D eigenvalue weighted by Gasteiger charge is 2.23. The standard InChI is InChI=1S/C26H21ClF2N4O3/c1-13-10-30-19(18-5-3-15-4-6-22(34)25(15)32-18)9-21(13)33-14(2)7-23(24(27)26(33)35)36-12-20-17(29)8-16(28)11-31-20/h3,5,7-11,22,34H,4,6,12H2,1-2H3/t22-/m1/s1. The van der Waals surface area contributed by atoms with Crippen molar-refractivity contribution in [3.05, 3.63) is 97.9 Å². The van der Waals surface area contributed by atoms with E-state index in [9.17, 15) is 18.7 Å². The van der Waals surface area contributed by atoms with Crippen LogP contribution in [0.15, 0.2) is 47.5 Å². The number of aryl methyl sites for hydroxylation is 3. The number of rotatable bonds is 5. The Hall–Kier alpha value is -3.69. The van der Waals surface area contributed by atoms with Crippen molar-refractivity contribution in [2.75, 3.05) is 0 Å². The van der Waals surface area contributed by atoms with Crippen LogP contribution in [0, 0.1) is 25.5 Å². The summed E-state index contributed by atoms with van der Waals surface area (Å²) in [6.07, 6.45) is 3.35. The van der Waals surface area contributed by atoms with Crippen LogP contribution in [0.2, 0.25) is 5.02 Å². The lowest BCUT2D eigenvalue weighted by Crippen LogP contribution is -2.23. The second-order valence-corrected chi connectivity index (χ2v) is 9.00. The molecule has 0 radical (unpaired) electrons. The van der Waals surface area contributed by atoms with E-state index in [1.54, 1.807) is 25.3 Å². The molecule has 0 amide bonds. The molecule has 10 heteroatoms. The largest absolute Gasteiger partial charge is 0.485 e. The minimum atomic E-state index is -0.858. The Balaban J connectivity index is 1.50. The number of nitrogens with zero attached hydrogens (tertiary/aromatic N) is 4. The van der Waals surface area contributed by atoms with Gasteiger partial charge < -0.3 is 9.84 Å². The number of fused-ring (bicyclic) bond motifs is 1. The number of ether oxygens (including phenoxy) is 1. The van der Waals surface area contributed by atoms with Gasteiger partial charge in [-0.2, -0.15) is 0 Å². The average molecular weight is 511 g/mol. The monoisotopic (exact) mass is 510 g/mol. The third-order valence-corrected chi connectivity index (χ3v) is 6.49. The molecule has 1 N–H and O–H groups in total. The summed E-state index contributed by atoms with van der Waals surface area (Å²) in [6, 6.07) is 7.80. The molecule has 0 unspecified atom stereocenters. The lowest BCUT2D eigenvalue weighted by molar-refractivity contribution is 0.176. The van der Waals surface area contributed by atoms with Crippen molar-refractivity contribution in [1.29, 1.82) is 0 Å². The molecular weight excluding hydrogens is 490 g/mol. The molecule has 0 saturated heterocycles. The summed E-state index contributed by atoms with van der Waals surface area (Å²) in [4.78, 5) is 26.0. The Kier molecular flexibility index (Phi) is 6.27. The van der Waals surface area contributed by atoms with Crippen LogP contribution in [0.5, 0.6) is 5.75 Å². The predicted molar refractivity (Wildman–Crippen MR) is 129 cm³/mol. The Morgan fingerprint density at radius 1 is 1.14 bits per heavy atom. The maximum absolute atomic E-state index is 13.9. The molecule has 36 heavy (non-hydrogen) atoms. The maximum Gasteiger partial charge on any atom is 0.277 e. The first kappa shape index (κ1) is 24.0. The van der Waals surface area contributed by atoms with Gasteiger partial charge >= 0.3 is 0 Å². The quantitative estimate of drug-likeness (QED) is 0.415. The molecular formula is C26H21ClF2N4O3. The molecule has 1 atom stereocenters. The van der Waals surface area contributed by atoms with Gasteiger partial charge in [-0.15, -0.1) is 0 Å². The number of aliphatic hydroxyl groups is 1. The van der Waals surface area contributed by atoms with Gasteiger partial charge in [0.05, 0.1) is 35.1 Å². The molecule has 4 aromatic heterocycles. The van der Waals surface area contributed by atoms with Gasteiger partial charge in [-0.05, 0) is 49.9 Å². The SMILES string of the molecule is Cc1cnc(-c2ccc3c(n2)[C@H](O)CC3)cc1-n1c(C)cc(OCc2ncc(F)cc2F)c(Cl)c1=O. The molecule has 5 rings (SSSR count). The zero-order valence-electron chi connectivity index (χ0n) is 19.4. The molecule has 4 heterocycles. The van der Waals surface area contributed by atoms with Gasteiger partial charge in [0.1, 0.15) is 28.9 Å². The lowest BCUT2D eigenvalue weighted by atomic mass is 10.1. The first-order chi connectivity index (χ1) is 17.2. The van der Waals surface area contributed by atoms with E-state index in [0.717, 1.165) is 23.7 Å². The molecule has 0 saturated carbocycles. The zero-order valence-corrected chi connectivity index (χ0v) is 20.2. The normalized spacial score (nSPS) is 14.7. The summed E-state index contributed by atoms with van der Waals surface area (Å²) in [5.41, 5.74) is 3.96. The molecule has 0 aliphatic heterocycles. The highest BCUT2D eigenvalue weighted by atomic mass is 35.5. The van der Waals surface area contributed by atoms with Gasteiger partial charge in [0.25, 0.3) is 5.56 Å². The van der Waals surface area contributed by atoms with E-state index in [-0.39, 0.29) is 23.1 Å². The summed E-state index contributed by atoms with van der Waals surface area (Å²) < 4.78 is 34.0. The molecule has 184 valence electrons. The van der Waals surface area contributed by atoms with Crippen LogP contribution in [0.25, 0.3) is 17.1 Å². The van der Waals surface area contributed by atoms with Crippen molar-refractivity contribution in [1.82, 2.24) is 19.5 Å². The number of aliphatic hydroxyl groups excluding tert-OH is 1. The molecule has 1 aliphatic rings. The molecule has 0 fully saturated rings. The van der Waals surface area contributed by atoms with Gasteiger partial charge in [-0.1, -0.05) is 17.7 Å². The van der Waals surface area contributed by atoms with Crippen LogP contribution >= 0.6 is 11.6 Å². The molecule has 4 aromatic rings.